The van der Waals surface area contributed by atoms with Crippen molar-refractivity contribution >= 4 is 11.6 Å². The molecule has 29 heavy (non-hydrogen) atoms. The van der Waals surface area contributed by atoms with Crippen LogP contribution in [0.15, 0.2) is 48.5 Å². The highest BCUT2D eigenvalue weighted by Crippen LogP contribution is 2.19. The van der Waals surface area contributed by atoms with E-state index in [0.717, 1.165) is 5.75 Å². The Morgan fingerprint density at radius 3 is 1.69 bits per heavy atom. The van der Waals surface area contributed by atoms with Crippen molar-refractivity contribution in [2.45, 2.75) is 39.9 Å². The van der Waals surface area contributed by atoms with Gasteiger partial charge < -0.3 is 24.3 Å². The van der Waals surface area contributed by atoms with Crippen molar-refractivity contribution < 1.29 is 23.7 Å². The molecule has 1 N–H and O–H groups in total. The number of nitrogens with one attached hydrogen (secondary N) is 1. The summed E-state index contributed by atoms with van der Waals surface area (Å²) in [6, 6.07) is 14.3. The molecule has 2 aromatic rings. The van der Waals surface area contributed by atoms with Crippen LogP contribution in [0.3, 0.4) is 0 Å². The second-order valence-electron chi connectivity index (χ2n) is 6.68. The quantitative estimate of drug-likeness (QED) is 0.565. The van der Waals surface area contributed by atoms with Crippen molar-refractivity contribution in [1.29, 1.82) is 0 Å². The van der Waals surface area contributed by atoms with Gasteiger partial charge in [0.05, 0.1) is 13.2 Å². The first kappa shape index (κ1) is 22.7. The minimum atomic E-state index is -0.183. The Morgan fingerprint density at radius 2 is 1.24 bits per heavy atom. The predicted molar refractivity (Wildman–Crippen MR) is 114 cm³/mol. The van der Waals surface area contributed by atoms with Crippen LogP contribution in [-0.4, -0.2) is 44.5 Å². The van der Waals surface area contributed by atoms with Crippen LogP contribution in [-0.2, 0) is 9.47 Å². The van der Waals surface area contributed by atoms with Crippen molar-refractivity contribution in [2.24, 2.45) is 0 Å². The van der Waals surface area contributed by atoms with Crippen LogP contribution in [0.4, 0.5) is 5.69 Å². The number of amides is 1. The Labute approximate surface area is 173 Å². The number of hydrogen-bond acceptors (Lipinski definition) is 5. The molecule has 0 aliphatic rings. The Hall–Kier alpha value is -2.57. The lowest BCUT2D eigenvalue weighted by Gasteiger charge is -2.15. The van der Waals surface area contributed by atoms with Crippen LogP contribution >= 0.6 is 0 Å². The molecule has 0 aromatic heterocycles. The fourth-order valence-corrected chi connectivity index (χ4v) is 2.61. The molecule has 2 unspecified atom stereocenters. The van der Waals surface area contributed by atoms with Gasteiger partial charge in [-0.15, -0.1) is 0 Å². The monoisotopic (exact) mass is 401 g/mol. The number of carbonyl (C=O) groups excluding carboxylic acids is 1. The fraction of sp³-hybridized carbons (Fsp3) is 0.435. The van der Waals surface area contributed by atoms with E-state index in [0.29, 0.717) is 43.4 Å². The van der Waals surface area contributed by atoms with E-state index >= 15 is 0 Å². The van der Waals surface area contributed by atoms with Crippen molar-refractivity contribution in [3.05, 3.63) is 54.1 Å². The predicted octanol–water partition coefficient (Wildman–Crippen LogP) is 4.55. The van der Waals surface area contributed by atoms with Gasteiger partial charge in [-0.3, -0.25) is 4.79 Å². The zero-order valence-electron chi connectivity index (χ0n) is 17.6. The minimum absolute atomic E-state index is 0.0348. The Balaban J connectivity index is 1.86. The van der Waals surface area contributed by atoms with Gasteiger partial charge in [-0.25, -0.2) is 0 Å². The first-order valence-corrected chi connectivity index (χ1v) is 10.0. The van der Waals surface area contributed by atoms with E-state index in [4.69, 9.17) is 18.9 Å². The second kappa shape index (κ2) is 12.1. The molecule has 2 aromatic carbocycles. The van der Waals surface area contributed by atoms with Gasteiger partial charge in [0.25, 0.3) is 5.91 Å². The standard InChI is InChI=1S/C23H31NO5/c1-5-26-15-17(3)28-21-11-7-19(8-12-21)23(25)24-20-9-13-22(14-10-20)29-18(4)16-27-6-2/h7-14,17-18H,5-6,15-16H2,1-4H3,(H,24,25). The van der Waals surface area contributed by atoms with Gasteiger partial charge in [0.2, 0.25) is 0 Å². The maximum absolute atomic E-state index is 12.5. The molecule has 0 aliphatic heterocycles. The van der Waals surface area contributed by atoms with Gasteiger partial charge in [0, 0.05) is 24.5 Å². The maximum Gasteiger partial charge on any atom is 0.255 e. The van der Waals surface area contributed by atoms with E-state index in [2.05, 4.69) is 5.32 Å². The topological polar surface area (TPSA) is 66.0 Å². The van der Waals surface area contributed by atoms with Crippen molar-refractivity contribution in [2.75, 3.05) is 31.7 Å². The molecule has 0 radical (unpaired) electrons. The number of rotatable bonds is 12. The Morgan fingerprint density at radius 1 is 0.793 bits per heavy atom. The lowest BCUT2D eigenvalue weighted by Crippen LogP contribution is -2.19. The van der Waals surface area contributed by atoms with Gasteiger partial charge in [0.15, 0.2) is 0 Å². The molecule has 0 saturated heterocycles. The van der Waals surface area contributed by atoms with Crippen molar-refractivity contribution in [3.63, 3.8) is 0 Å². The molecule has 6 heteroatoms. The fourth-order valence-electron chi connectivity index (χ4n) is 2.61. The largest absolute Gasteiger partial charge is 0.488 e. The molecule has 0 bridgehead atoms. The summed E-state index contributed by atoms with van der Waals surface area (Å²) in [5.74, 6) is 1.26. The van der Waals surface area contributed by atoms with Gasteiger partial charge >= 0.3 is 0 Å². The molecular formula is C23H31NO5. The van der Waals surface area contributed by atoms with E-state index < -0.39 is 0 Å². The molecule has 2 atom stereocenters. The molecule has 0 fully saturated rings. The number of benzene rings is 2. The van der Waals surface area contributed by atoms with Gasteiger partial charge in [-0.05, 0) is 76.2 Å². The van der Waals surface area contributed by atoms with Crippen LogP contribution < -0.4 is 14.8 Å². The van der Waals surface area contributed by atoms with E-state index in [1.54, 1.807) is 24.3 Å². The SMILES string of the molecule is CCOCC(C)Oc1ccc(NC(=O)c2ccc(OC(C)COCC)cc2)cc1. The summed E-state index contributed by atoms with van der Waals surface area (Å²) in [6.45, 7) is 10.2. The third-order valence-corrected chi connectivity index (χ3v) is 4.02. The summed E-state index contributed by atoms with van der Waals surface area (Å²) in [7, 11) is 0. The Kier molecular flexibility index (Phi) is 9.47. The first-order valence-electron chi connectivity index (χ1n) is 10.0. The van der Waals surface area contributed by atoms with E-state index in [1.807, 2.05) is 52.0 Å². The van der Waals surface area contributed by atoms with Crippen LogP contribution in [0.2, 0.25) is 0 Å². The highest BCUT2D eigenvalue weighted by atomic mass is 16.5. The summed E-state index contributed by atoms with van der Waals surface area (Å²) in [4.78, 5) is 12.5. The Bertz CT molecular complexity index is 730. The number of carbonyl (C=O) groups is 1. The number of hydrogen-bond donors (Lipinski definition) is 1. The molecule has 158 valence electrons. The lowest BCUT2D eigenvalue weighted by atomic mass is 10.2. The number of anilines is 1. The first-order chi connectivity index (χ1) is 14.0. The summed E-state index contributed by atoms with van der Waals surface area (Å²) in [6.07, 6.45) is -0.0843. The van der Waals surface area contributed by atoms with Crippen LogP contribution in [0.25, 0.3) is 0 Å². The van der Waals surface area contributed by atoms with Crippen LogP contribution in [0, 0.1) is 0 Å². The van der Waals surface area contributed by atoms with E-state index in [1.165, 1.54) is 0 Å². The third-order valence-electron chi connectivity index (χ3n) is 4.02. The highest BCUT2D eigenvalue weighted by molar-refractivity contribution is 6.04. The minimum Gasteiger partial charge on any atom is -0.488 e. The second-order valence-corrected chi connectivity index (χ2v) is 6.68. The molecule has 0 heterocycles. The van der Waals surface area contributed by atoms with Crippen LogP contribution in [0.5, 0.6) is 11.5 Å². The van der Waals surface area contributed by atoms with Crippen molar-refractivity contribution in [3.8, 4) is 11.5 Å². The zero-order valence-corrected chi connectivity index (χ0v) is 17.6. The molecule has 0 saturated carbocycles. The maximum atomic E-state index is 12.5. The molecule has 0 aliphatic carbocycles. The van der Waals surface area contributed by atoms with Gasteiger partial charge in [-0.2, -0.15) is 0 Å². The van der Waals surface area contributed by atoms with Crippen LogP contribution in [0.1, 0.15) is 38.1 Å². The average molecular weight is 402 g/mol. The molecule has 2 rings (SSSR count). The molecule has 1 amide bonds. The molecular weight excluding hydrogens is 370 g/mol. The summed E-state index contributed by atoms with van der Waals surface area (Å²) < 4.78 is 22.2. The summed E-state index contributed by atoms with van der Waals surface area (Å²) in [5, 5.41) is 2.88. The summed E-state index contributed by atoms with van der Waals surface area (Å²) >= 11 is 0. The smallest absolute Gasteiger partial charge is 0.255 e. The zero-order chi connectivity index (χ0) is 21.1. The van der Waals surface area contributed by atoms with Crippen molar-refractivity contribution in [1.82, 2.24) is 0 Å². The third kappa shape index (κ3) is 8.13. The lowest BCUT2D eigenvalue weighted by molar-refractivity contribution is 0.0657. The average Bonchev–Trinajstić information content (AvgIpc) is 2.72. The number of ether oxygens (including phenoxy) is 4. The normalized spacial score (nSPS) is 12.8. The van der Waals surface area contributed by atoms with Gasteiger partial charge in [-0.1, -0.05) is 0 Å². The molecule has 0 spiro atoms. The van der Waals surface area contributed by atoms with E-state index in [9.17, 15) is 4.79 Å². The van der Waals surface area contributed by atoms with Gasteiger partial charge in [0.1, 0.15) is 23.7 Å². The summed E-state index contributed by atoms with van der Waals surface area (Å²) in [5.41, 5.74) is 1.26. The van der Waals surface area contributed by atoms with E-state index in [-0.39, 0.29) is 18.1 Å². The molecule has 6 nitrogen and oxygen atoms in total. The highest BCUT2D eigenvalue weighted by Gasteiger charge is 2.09.